The van der Waals surface area contributed by atoms with Crippen LogP contribution < -0.4 is 11.1 Å². The Morgan fingerprint density at radius 3 is 2.74 bits per heavy atom. The first-order valence-corrected chi connectivity index (χ1v) is 6.74. The fourth-order valence-electron chi connectivity index (χ4n) is 1.83. The van der Waals surface area contributed by atoms with Crippen molar-refractivity contribution in [3.05, 3.63) is 35.9 Å². The van der Waals surface area contributed by atoms with Gasteiger partial charge in [-0.15, -0.1) is 12.3 Å². The number of nitrogens with two attached hydrogens (primary N) is 1. The Morgan fingerprint density at radius 2 is 2.05 bits per heavy atom. The first-order valence-electron chi connectivity index (χ1n) is 6.74. The SMILES string of the molecule is C#CCCCCC(=O)NCCC(N)c1ccccc1. The molecule has 3 heteroatoms. The molecule has 0 aliphatic heterocycles. The van der Waals surface area contributed by atoms with Crippen LogP contribution in [0.1, 0.15) is 43.7 Å². The van der Waals surface area contributed by atoms with Gasteiger partial charge in [0.2, 0.25) is 5.91 Å². The molecule has 0 fully saturated rings. The maximum absolute atomic E-state index is 11.5. The third kappa shape index (κ3) is 6.64. The maximum Gasteiger partial charge on any atom is 0.219 e. The van der Waals surface area contributed by atoms with Gasteiger partial charge in [-0.25, -0.2) is 0 Å². The second-order valence-electron chi connectivity index (χ2n) is 4.57. The van der Waals surface area contributed by atoms with E-state index in [0.717, 1.165) is 31.2 Å². The van der Waals surface area contributed by atoms with Gasteiger partial charge < -0.3 is 11.1 Å². The van der Waals surface area contributed by atoms with Crippen LogP contribution in [0.25, 0.3) is 0 Å². The van der Waals surface area contributed by atoms with Crippen LogP contribution in [-0.2, 0) is 4.79 Å². The van der Waals surface area contributed by atoms with Crippen LogP contribution in [0.3, 0.4) is 0 Å². The smallest absolute Gasteiger partial charge is 0.219 e. The van der Waals surface area contributed by atoms with E-state index in [1.165, 1.54) is 0 Å². The van der Waals surface area contributed by atoms with E-state index in [4.69, 9.17) is 12.2 Å². The highest BCUT2D eigenvalue weighted by Gasteiger charge is 2.06. The largest absolute Gasteiger partial charge is 0.356 e. The van der Waals surface area contributed by atoms with Gasteiger partial charge in [0.05, 0.1) is 0 Å². The first-order chi connectivity index (χ1) is 9.24. The van der Waals surface area contributed by atoms with Crippen molar-refractivity contribution >= 4 is 5.91 Å². The summed E-state index contributed by atoms with van der Waals surface area (Å²) in [6, 6.07) is 9.90. The van der Waals surface area contributed by atoms with Gasteiger partial charge in [0.25, 0.3) is 0 Å². The van der Waals surface area contributed by atoms with Gasteiger partial charge in [-0.2, -0.15) is 0 Å². The van der Waals surface area contributed by atoms with E-state index in [9.17, 15) is 4.79 Å². The van der Waals surface area contributed by atoms with Crippen LogP contribution in [0.15, 0.2) is 30.3 Å². The molecule has 0 bridgehead atoms. The molecule has 0 spiro atoms. The maximum atomic E-state index is 11.5. The molecular formula is C16H22N2O. The highest BCUT2D eigenvalue weighted by atomic mass is 16.1. The standard InChI is InChI=1S/C16H22N2O/c1-2-3-4-8-11-16(19)18-13-12-15(17)14-9-6-5-7-10-14/h1,5-7,9-10,15H,3-4,8,11-13,17H2,(H,18,19). The van der Waals surface area contributed by atoms with Crippen LogP contribution in [0, 0.1) is 12.3 Å². The summed E-state index contributed by atoms with van der Waals surface area (Å²) in [5.74, 6) is 2.65. The molecule has 1 amide bonds. The van der Waals surface area contributed by atoms with Crippen LogP contribution in [0.2, 0.25) is 0 Å². The number of benzene rings is 1. The van der Waals surface area contributed by atoms with E-state index in [1.807, 2.05) is 30.3 Å². The predicted octanol–water partition coefficient (Wildman–Crippen LogP) is 2.39. The molecule has 0 heterocycles. The van der Waals surface area contributed by atoms with Crippen molar-refractivity contribution < 1.29 is 4.79 Å². The van der Waals surface area contributed by atoms with E-state index in [2.05, 4.69) is 11.2 Å². The molecule has 1 aromatic rings. The number of nitrogens with one attached hydrogen (secondary N) is 1. The zero-order valence-electron chi connectivity index (χ0n) is 11.3. The zero-order chi connectivity index (χ0) is 13.9. The number of hydrogen-bond donors (Lipinski definition) is 2. The molecule has 3 nitrogen and oxygen atoms in total. The van der Waals surface area contributed by atoms with Gasteiger partial charge in [0.1, 0.15) is 0 Å². The molecule has 0 radical (unpaired) electrons. The van der Waals surface area contributed by atoms with E-state index < -0.39 is 0 Å². The fraction of sp³-hybridized carbons (Fsp3) is 0.438. The Kier molecular flexibility index (Phi) is 7.38. The lowest BCUT2D eigenvalue weighted by molar-refractivity contribution is -0.121. The summed E-state index contributed by atoms with van der Waals surface area (Å²) in [4.78, 5) is 11.5. The number of carbonyl (C=O) groups excluding carboxylic acids is 1. The molecule has 1 rings (SSSR count). The minimum absolute atomic E-state index is 0.0251. The minimum Gasteiger partial charge on any atom is -0.356 e. The lowest BCUT2D eigenvalue weighted by atomic mass is 10.1. The molecule has 0 aliphatic rings. The van der Waals surface area contributed by atoms with Crippen molar-refractivity contribution in [2.45, 2.75) is 38.1 Å². The fourth-order valence-corrected chi connectivity index (χ4v) is 1.83. The van der Waals surface area contributed by atoms with Crippen LogP contribution in [-0.4, -0.2) is 12.5 Å². The number of unbranched alkanes of at least 4 members (excludes halogenated alkanes) is 2. The van der Waals surface area contributed by atoms with E-state index in [-0.39, 0.29) is 11.9 Å². The molecule has 1 atom stereocenters. The lowest BCUT2D eigenvalue weighted by Crippen LogP contribution is -2.26. The van der Waals surface area contributed by atoms with Crippen LogP contribution in [0.5, 0.6) is 0 Å². The predicted molar refractivity (Wildman–Crippen MR) is 78.3 cm³/mol. The normalized spacial score (nSPS) is 11.6. The molecule has 3 N–H and O–H groups in total. The number of hydrogen-bond acceptors (Lipinski definition) is 2. The molecule has 1 aromatic carbocycles. The highest BCUT2D eigenvalue weighted by molar-refractivity contribution is 5.75. The molecule has 0 saturated carbocycles. The summed E-state index contributed by atoms with van der Waals surface area (Å²) in [7, 11) is 0. The third-order valence-electron chi connectivity index (χ3n) is 2.98. The van der Waals surface area contributed by atoms with Crippen molar-refractivity contribution in [2.75, 3.05) is 6.54 Å². The molecule has 0 aliphatic carbocycles. The first kappa shape index (κ1) is 15.3. The average molecular weight is 258 g/mol. The monoisotopic (exact) mass is 258 g/mol. The Hall–Kier alpha value is -1.79. The van der Waals surface area contributed by atoms with Crippen molar-refractivity contribution in [1.82, 2.24) is 5.32 Å². The quantitative estimate of drug-likeness (QED) is 0.555. The minimum atomic E-state index is -0.0251. The highest BCUT2D eigenvalue weighted by Crippen LogP contribution is 2.12. The van der Waals surface area contributed by atoms with Gasteiger partial charge in [-0.3, -0.25) is 4.79 Å². The van der Waals surface area contributed by atoms with E-state index >= 15 is 0 Å². The molecule has 1 unspecified atom stereocenters. The second kappa shape index (κ2) is 9.18. The Morgan fingerprint density at radius 1 is 1.32 bits per heavy atom. The second-order valence-corrected chi connectivity index (χ2v) is 4.57. The number of rotatable bonds is 8. The summed E-state index contributed by atoms with van der Waals surface area (Å²) in [6.07, 6.45) is 8.94. The molecule has 0 saturated heterocycles. The molecule has 19 heavy (non-hydrogen) atoms. The number of terminal acetylenes is 1. The topological polar surface area (TPSA) is 55.1 Å². The lowest BCUT2D eigenvalue weighted by Gasteiger charge is -2.12. The van der Waals surface area contributed by atoms with Crippen molar-refractivity contribution in [3.8, 4) is 12.3 Å². The van der Waals surface area contributed by atoms with Gasteiger partial charge in [-0.05, 0) is 24.8 Å². The van der Waals surface area contributed by atoms with Crippen LogP contribution in [0.4, 0.5) is 0 Å². The Balaban J connectivity index is 2.13. The van der Waals surface area contributed by atoms with Crippen LogP contribution >= 0.6 is 0 Å². The summed E-state index contributed by atoms with van der Waals surface area (Å²) >= 11 is 0. The number of amides is 1. The molecular weight excluding hydrogens is 236 g/mol. The average Bonchev–Trinajstić information content (AvgIpc) is 2.44. The van der Waals surface area contributed by atoms with Crippen molar-refractivity contribution in [2.24, 2.45) is 5.73 Å². The van der Waals surface area contributed by atoms with E-state index in [1.54, 1.807) is 0 Å². The summed E-state index contributed by atoms with van der Waals surface area (Å²) < 4.78 is 0. The van der Waals surface area contributed by atoms with Gasteiger partial charge in [0.15, 0.2) is 0 Å². The summed E-state index contributed by atoms with van der Waals surface area (Å²) in [6.45, 7) is 0.615. The molecule has 0 aromatic heterocycles. The Labute approximate surface area is 115 Å². The number of carbonyl (C=O) groups is 1. The van der Waals surface area contributed by atoms with Gasteiger partial charge in [0, 0.05) is 25.4 Å². The zero-order valence-corrected chi connectivity index (χ0v) is 11.3. The van der Waals surface area contributed by atoms with Gasteiger partial charge >= 0.3 is 0 Å². The van der Waals surface area contributed by atoms with E-state index in [0.29, 0.717) is 13.0 Å². The van der Waals surface area contributed by atoms with Crippen molar-refractivity contribution in [3.63, 3.8) is 0 Å². The summed E-state index contributed by atoms with van der Waals surface area (Å²) in [5.41, 5.74) is 7.15. The Bertz CT molecular complexity index is 409. The molecule has 102 valence electrons. The third-order valence-corrected chi connectivity index (χ3v) is 2.98. The van der Waals surface area contributed by atoms with Crippen molar-refractivity contribution in [1.29, 1.82) is 0 Å². The summed E-state index contributed by atoms with van der Waals surface area (Å²) in [5, 5.41) is 2.89. The van der Waals surface area contributed by atoms with Gasteiger partial charge in [-0.1, -0.05) is 30.3 Å².